The van der Waals surface area contributed by atoms with Gasteiger partial charge in [0.25, 0.3) is 5.91 Å². The lowest BCUT2D eigenvalue weighted by Crippen LogP contribution is -2.47. The summed E-state index contributed by atoms with van der Waals surface area (Å²) in [6.45, 7) is 11.0. The number of aryl methyl sites for hydroxylation is 1. The van der Waals surface area contributed by atoms with Crippen molar-refractivity contribution in [2.45, 2.75) is 77.7 Å². The molecule has 2 heterocycles. The van der Waals surface area contributed by atoms with Gasteiger partial charge in [-0.3, -0.25) is 4.79 Å². The van der Waals surface area contributed by atoms with Gasteiger partial charge >= 0.3 is 0 Å². The van der Waals surface area contributed by atoms with E-state index in [9.17, 15) is 4.79 Å². The molecule has 4 heteroatoms. The third-order valence-corrected chi connectivity index (χ3v) is 6.32. The van der Waals surface area contributed by atoms with E-state index in [0.717, 1.165) is 38.1 Å². The van der Waals surface area contributed by atoms with Crippen molar-refractivity contribution in [3.8, 4) is 5.75 Å². The lowest BCUT2D eigenvalue weighted by Gasteiger charge is -2.37. The largest absolute Gasteiger partial charge is 0.483 e. The highest BCUT2D eigenvalue weighted by molar-refractivity contribution is 5.78. The van der Waals surface area contributed by atoms with Crippen LogP contribution < -0.4 is 4.74 Å². The summed E-state index contributed by atoms with van der Waals surface area (Å²) in [5.41, 5.74) is 2.35. The van der Waals surface area contributed by atoms with Crippen molar-refractivity contribution in [3.05, 3.63) is 29.3 Å². The third kappa shape index (κ3) is 5.73. The highest BCUT2D eigenvalue weighted by Crippen LogP contribution is 2.28. The van der Waals surface area contributed by atoms with Gasteiger partial charge in [0.15, 0.2) is 6.61 Å². The second-order valence-electron chi connectivity index (χ2n) is 8.91. The van der Waals surface area contributed by atoms with Crippen LogP contribution in [0.2, 0.25) is 0 Å². The summed E-state index contributed by atoms with van der Waals surface area (Å²) in [7, 11) is 0. The summed E-state index contributed by atoms with van der Waals surface area (Å²) < 4.78 is 6.04. The van der Waals surface area contributed by atoms with E-state index in [4.69, 9.17) is 4.74 Å². The Morgan fingerprint density at radius 3 is 2.61 bits per heavy atom. The quantitative estimate of drug-likeness (QED) is 0.678. The van der Waals surface area contributed by atoms with E-state index in [-0.39, 0.29) is 12.5 Å². The Kier molecular flexibility index (Phi) is 7.78. The van der Waals surface area contributed by atoms with Gasteiger partial charge in [0, 0.05) is 19.1 Å². The van der Waals surface area contributed by atoms with Gasteiger partial charge in [-0.1, -0.05) is 32.4 Å². The summed E-state index contributed by atoms with van der Waals surface area (Å²) >= 11 is 0. The van der Waals surface area contributed by atoms with Gasteiger partial charge in [-0.05, 0) is 81.6 Å². The van der Waals surface area contributed by atoms with Crippen LogP contribution in [0.5, 0.6) is 5.75 Å². The zero-order valence-electron chi connectivity index (χ0n) is 18.1. The SMILES string of the molecule is Cc1ccc(C(C)C)c(OCC(=O)N2CCCC[C@@H]2CCN2CCCCC2)c1. The standard InChI is InChI=1S/C24H38N2O2/c1-19(2)22-11-10-20(3)17-23(22)28-18-24(27)26-15-8-5-9-21(26)12-16-25-13-6-4-7-14-25/h10-11,17,19,21H,4-9,12-16,18H2,1-3H3/t21-/m1/s1. The minimum absolute atomic E-state index is 0.152. The van der Waals surface area contributed by atoms with Crippen molar-refractivity contribution in [2.75, 3.05) is 32.8 Å². The maximum atomic E-state index is 13.0. The molecule has 1 amide bonds. The third-order valence-electron chi connectivity index (χ3n) is 6.32. The maximum absolute atomic E-state index is 13.0. The molecule has 0 aromatic heterocycles. The van der Waals surface area contributed by atoms with E-state index in [1.54, 1.807) is 0 Å². The summed E-state index contributed by atoms with van der Waals surface area (Å²) in [5, 5.41) is 0. The molecule has 0 saturated carbocycles. The zero-order chi connectivity index (χ0) is 19.9. The van der Waals surface area contributed by atoms with Crippen LogP contribution >= 0.6 is 0 Å². The first-order chi connectivity index (χ1) is 13.5. The molecular weight excluding hydrogens is 348 g/mol. The minimum Gasteiger partial charge on any atom is -0.483 e. The molecule has 0 unspecified atom stereocenters. The predicted octanol–water partition coefficient (Wildman–Crippen LogP) is 4.75. The number of ether oxygens (including phenoxy) is 1. The number of amides is 1. The predicted molar refractivity (Wildman–Crippen MR) is 115 cm³/mol. The van der Waals surface area contributed by atoms with Gasteiger partial charge < -0.3 is 14.5 Å². The average Bonchev–Trinajstić information content (AvgIpc) is 2.71. The van der Waals surface area contributed by atoms with Crippen molar-refractivity contribution in [2.24, 2.45) is 0 Å². The van der Waals surface area contributed by atoms with Crippen molar-refractivity contribution in [1.82, 2.24) is 9.80 Å². The number of carbonyl (C=O) groups excluding carboxylic acids is 1. The van der Waals surface area contributed by atoms with E-state index in [0.29, 0.717) is 12.0 Å². The summed E-state index contributed by atoms with van der Waals surface area (Å²) in [5.74, 6) is 1.41. The smallest absolute Gasteiger partial charge is 0.260 e. The van der Waals surface area contributed by atoms with Gasteiger partial charge in [-0.25, -0.2) is 0 Å². The van der Waals surface area contributed by atoms with Crippen molar-refractivity contribution in [1.29, 1.82) is 0 Å². The molecule has 0 bridgehead atoms. The average molecular weight is 387 g/mol. The number of likely N-dealkylation sites (tertiary alicyclic amines) is 2. The molecule has 1 aromatic rings. The first-order valence-electron chi connectivity index (χ1n) is 11.3. The molecule has 0 radical (unpaired) electrons. The van der Waals surface area contributed by atoms with Crippen LogP contribution in [-0.2, 0) is 4.79 Å². The summed E-state index contributed by atoms with van der Waals surface area (Å²) in [6, 6.07) is 6.69. The molecule has 0 spiro atoms. The van der Waals surface area contributed by atoms with Crippen molar-refractivity contribution in [3.63, 3.8) is 0 Å². The molecule has 2 aliphatic rings. The Hall–Kier alpha value is -1.55. The molecule has 2 fully saturated rings. The molecule has 28 heavy (non-hydrogen) atoms. The second-order valence-corrected chi connectivity index (χ2v) is 8.91. The number of hydrogen-bond acceptors (Lipinski definition) is 3. The second kappa shape index (κ2) is 10.3. The molecule has 1 aromatic carbocycles. The number of nitrogens with zero attached hydrogens (tertiary/aromatic N) is 2. The minimum atomic E-state index is 0.152. The Labute approximate surface area is 171 Å². The van der Waals surface area contributed by atoms with Crippen LogP contribution in [0, 0.1) is 6.92 Å². The number of hydrogen-bond donors (Lipinski definition) is 0. The molecule has 0 aliphatic carbocycles. The van der Waals surface area contributed by atoms with E-state index >= 15 is 0 Å². The van der Waals surface area contributed by atoms with E-state index in [2.05, 4.69) is 48.8 Å². The Bertz CT molecular complexity index is 637. The molecule has 156 valence electrons. The first-order valence-corrected chi connectivity index (χ1v) is 11.3. The zero-order valence-corrected chi connectivity index (χ0v) is 18.1. The normalized spacial score (nSPS) is 21.1. The van der Waals surface area contributed by atoms with Crippen LogP contribution in [0.3, 0.4) is 0 Å². The van der Waals surface area contributed by atoms with Gasteiger partial charge in [0.1, 0.15) is 5.75 Å². The van der Waals surface area contributed by atoms with Crippen molar-refractivity contribution < 1.29 is 9.53 Å². The molecular formula is C24H38N2O2. The monoisotopic (exact) mass is 386 g/mol. The van der Waals surface area contributed by atoms with Crippen LogP contribution in [0.15, 0.2) is 18.2 Å². The van der Waals surface area contributed by atoms with E-state index < -0.39 is 0 Å². The molecule has 3 rings (SSSR count). The lowest BCUT2D eigenvalue weighted by molar-refractivity contribution is -0.137. The fraction of sp³-hybridized carbons (Fsp3) is 0.708. The molecule has 2 aliphatic heterocycles. The molecule has 2 saturated heterocycles. The van der Waals surface area contributed by atoms with E-state index in [1.807, 2.05) is 0 Å². The van der Waals surface area contributed by atoms with Crippen LogP contribution in [0.1, 0.15) is 75.8 Å². The maximum Gasteiger partial charge on any atom is 0.260 e. The highest BCUT2D eigenvalue weighted by atomic mass is 16.5. The van der Waals surface area contributed by atoms with Gasteiger partial charge in [0.2, 0.25) is 0 Å². The van der Waals surface area contributed by atoms with Crippen LogP contribution in [-0.4, -0.2) is 54.5 Å². The van der Waals surface area contributed by atoms with Gasteiger partial charge in [-0.2, -0.15) is 0 Å². The fourth-order valence-electron chi connectivity index (χ4n) is 4.61. The summed E-state index contributed by atoms with van der Waals surface area (Å²) in [6.07, 6.45) is 8.64. The fourth-order valence-corrected chi connectivity index (χ4v) is 4.61. The van der Waals surface area contributed by atoms with Crippen molar-refractivity contribution >= 4 is 5.91 Å². The Morgan fingerprint density at radius 1 is 1.11 bits per heavy atom. The molecule has 0 N–H and O–H groups in total. The van der Waals surface area contributed by atoms with Crippen LogP contribution in [0.4, 0.5) is 0 Å². The number of piperidine rings is 2. The van der Waals surface area contributed by atoms with Crippen LogP contribution in [0.25, 0.3) is 0 Å². The molecule has 1 atom stereocenters. The topological polar surface area (TPSA) is 32.8 Å². The summed E-state index contributed by atoms with van der Waals surface area (Å²) in [4.78, 5) is 17.7. The Morgan fingerprint density at radius 2 is 1.86 bits per heavy atom. The molecule has 4 nitrogen and oxygen atoms in total. The lowest BCUT2D eigenvalue weighted by atomic mass is 9.98. The number of benzene rings is 1. The van der Waals surface area contributed by atoms with Gasteiger partial charge in [-0.15, -0.1) is 0 Å². The highest BCUT2D eigenvalue weighted by Gasteiger charge is 2.27. The first kappa shape index (κ1) is 21.2. The number of rotatable bonds is 7. The van der Waals surface area contributed by atoms with E-state index in [1.165, 1.54) is 49.9 Å². The number of carbonyl (C=O) groups is 1. The van der Waals surface area contributed by atoms with Gasteiger partial charge in [0.05, 0.1) is 0 Å². The Balaban J connectivity index is 1.56.